The minimum absolute atomic E-state index is 0. The zero-order valence-corrected chi connectivity index (χ0v) is 18.1. The van der Waals surface area contributed by atoms with E-state index in [9.17, 15) is 4.79 Å². The molecule has 5 nitrogen and oxygen atoms in total. The van der Waals surface area contributed by atoms with E-state index in [0.29, 0.717) is 18.4 Å². The van der Waals surface area contributed by atoms with Crippen molar-refractivity contribution in [2.45, 2.75) is 44.9 Å². The zero-order valence-electron chi connectivity index (χ0n) is 16.5. The van der Waals surface area contributed by atoms with Crippen molar-refractivity contribution >= 4 is 30.7 Å². The maximum Gasteiger partial charge on any atom is 0.225 e. The molecule has 4 rings (SSSR count). The number of hydrogen-bond donors (Lipinski definition) is 2. The van der Waals surface area contributed by atoms with Crippen LogP contribution in [0.3, 0.4) is 0 Å². The maximum absolute atomic E-state index is 12.8. The molecule has 2 fully saturated rings. The Morgan fingerprint density at radius 3 is 2.69 bits per heavy atom. The van der Waals surface area contributed by atoms with Gasteiger partial charge in [0.2, 0.25) is 5.91 Å². The molecule has 2 aromatic rings. The molecule has 5 unspecified atom stereocenters. The molecule has 0 aliphatic heterocycles. The number of fused-ring (bicyclic) bond motifs is 2. The van der Waals surface area contributed by atoms with Crippen molar-refractivity contribution < 1.29 is 9.53 Å². The summed E-state index contributed by atoms with van der Waals surface area (Å²) in [6.07, 6.45) is 5.19. The van der Waals surface area contributed by atoms with Gasteiger partial charge in [0.15, 0.2) is 0 Å². The Kier molecular flexibility index (Phi) is 8.32. The highest BCUT2D eigenvalue weighted by atomic mass is 35.5. The third kappa shape index (κ3) is 5.21. The van der Waals surface area contributed by atoms with Crippen LogP contribution < -0.4 is 15.8 Å². The van der Waals surface area contributed by atoms with Gasteiger partial charge in [-0.25, -0.2) is 0 Å². The molecule has 2 aliphatic rings. The summed E-state index contributed by atoms with van der Waals surface area (Å²) in [5, 5.41) is 3.17. The summed E-state index contributed by atoms with van der Waals surface area (Å²) < 4.78 is 5.85. The van der Waals surface area contributed by atoms with Crippen LogP contribution in [-0.4, -0.2) is 16.9 Å². The second-order valence-electron chi connectivity index (χ2n) is 7.85. The van der Waals surface area contributed by atoms with E-state index >= 15 is 0 Å². The summed E-state index contributed by atoms with van der Waals surface area (Å²) in [6.45, 7) is 2.43. The van der Waals surface area contributed by atoms with E-state index in [1.54, 1.807) is 6.20 Å². The number of ether oxygens (including phenoxy) is 1. The highest BCUT2D eigenvalue weighted by Gasteiger charge is 2.49. The Labute approximate surface area is 184 Å². The van der Waals surface area contributed by atoms with Gasteiger partial charge < -0.3 is 15.8 Å². The first-order valence-corrected chi connectivity index (χ1v) is 9.80. The molecular weight excluding hydrogens is 409 g/mol. The molecule has 3 N–H and O–H groups in total. The van der Waals surface area contributed by atoms with Crippen LogP contribution in [0, 0.1) is 17.8 Å². The van der Waals surface area contributed by atoms with Crippen LogP contribution in [0.15, 0.2) is 48.7 Å². The van der Waals surface area contributed by atoms with Crippen LogP contribution in [0.4, 0.5) is 0 Å². The molecule has 2 saturated carbocycles. The van der Waals surface area contributed by atoms with Crippen LogP contribution in [0.2, 0.25) is 0 Å². The Balaban J connectivity index is 0.00000150. The average molecular weight is 438 g/mol. The number of nitrogens with zero attached hydrogens (tertiary/aromatic N) is 1. The van der Waals surface area contributed by atoms with Gasteiger partial charge in [0.1, 0.15) is 12.4 Å². The van der Waals surface area contributed by atoms with Crippen molar-refractivity contribution in [3.8, 4) is 5.75 Å². The Morgan fingerprint density at radius 1 is 1.21 bits per heavy atom. The van der Waals surface area contributed by atoms with Gasteiger partial charge in [-0.15, -0.1) is 24.8 Å². The van der Waals surface area contributed by atoms with Crippen molar-refractivity contribution in [1.29, 1.82) is 0 Å². The van der Waals surface area contributed by atoms with Crippen LogP contribution in [0.5, 0.6) is 5.75 Å². The molecule has 1 amide bonds. The molecule has 7 heteroatoms. The fraction of sp³-hybridized carbons (Fsp3) is 0.455. The number of nitrogens with one attached hydrogen (secondary N) is 1. The first kappa shape index (κ1) is 23.5. The van der Waals surface area contributed by atoms with Crippen molar-refractivity contribution in [3.05, 3.63) is 59.9 Å². The van der Waals surface area contributed by atoms with E-state index in [1.807, 2.05) is 49.4 Å². The number of carbonyl (C=O) groups excluding carboxylic acids is 1. The molecule has 5 atom stereocenters. The number of amides is 1. The first-order chi connectivity index (χ1) is 13.1. The summed E-state index contributed by atoms with van der Waals surface area (Å²) >= 11 is 0. The van der Waals surface area contributed by atoms with Crippen molar-refractivity contribution in [2.75, 3.05) is 0 Å². The monoisotopic (exact) mass is 437 g/mol. The molecule has 0 radical (unpaired) electrons. The smallest absolute Gasteiger partial charge is 0.225 e. The summed E-state index contributed by atoms with van der Waals surface area (Å²) in [5.41, 5.74) is 8.22. The van der Waals surface area contributed by atoms with Gasteiger partial charge in [-0.2, -0.15) is 0 Å². The lowest BCUT2D eigenvalue weighted by atomic mass is 9.84. The molecular formula is C22H29Cl2N3O2. The topological polar surface area (TPSA) is 77.2 Å². The minimum Gasteiger partial charge on any atom is -0.487 e. The number of carbonyl (C=O) groups is 1. The van der Waals surface area contributed by atoms with Gasteiger partial charge in [0.25, 0.3) is 0 Å². The second-order valence-corrected chi connectivity index (χ2v) is 7.85. The Hall–Kier alpha value is -1.82. The van der Waals surface area contributed by atoms with E-state index in [0.717, 1.165) is 29.8 Å². The van der Waals surface area contributed by atoms with Gasteiger partial charge in [-0.1, -0.05) is 18.2 Å². The van der Waals surface area contributed by atoms with E-state index in [-0.39, 0.29) is 48.7 Å². The quantitative estimate of drug-likeness (QED) is 0.713. The molecule has 2 aliphatic carbocycles. The largest absolute Gasteiger partial charge is 0.487 e. The molecule has 1 heterocycles. The van der Waals surface area contributed by atoms with E-state index in [1.165, 1.54) is 6.42 Å². The highest BCUT2D eigenvalue weighted by Crippen LogP contribution is 2.47. The summed E-state index contributed by atoms with van der Waals surface area (Å²) in [5.74, 6) is 1.84. The first-order valence-electron chi connectivity index (χ1n) is 9.80. The van der Waals surface area contributed by atoms with Crippen LogP contribution in [0.25, 0.3) is 0 Å². The number of benzene rings is 1. The molecule has 29 heavy (non-hydrogen) atoms. The number of rotatable bonds is 6. The molecule has 1 aromatic carbocycles. The molecule has 0 saturated heterocycles. The Morgan fingerprint density at radius 2 is 2.00 bits per heavy atom. The van der Waals surface area contributed by atoms with Crippen LogP contribution in [0.1, 0.15) is 43.5 Å². The number of nitrogens with two attached hydrogens (primary N) is 1. The highest BCUT2D eigenvalue weighted by molar-refractivity contribution is 5.85. The fourth-order valence-corrected chi connectivity index (χ4v) is 4.63. The SMILES string of the molecule is CC(NC(=O)C1C2CCC(C2)C1N)c1cccc(OCc2ccccn2)c1.Cl.Cl. The van der Waals surface area contributed by atoms with Crippen molar-refractivity contribution in [1.82, 2.24) is 10.3 Å². The van der Waals surface area contributed by atoms with Gasteiger partial charge in [0, 0.05) is 12.2 Å². The molecule has 158 valence electrons. The zero-order chi connectivity index (χ0) is 18.8. The van der Waals surface area contributed by atoms with Gasteiger partial charge in [0.05, 0.1) is 17.7 Å². The van der Waals surface area contributed by atoms with Crippen molar-refractivity contribution in [2.24, 2.45) is 23.5 Å². The molecule has 0 spiro atoms. The van der Waals surface area contributed by atoms with Crippen LogP contribution >= 0.6 is 24.8 Å². The van der Waals surface area contributed by atoms with Gasteiger partial charge >= 0.3 is 0 Å². The van der Waals surface area contributed by atoms with Crippen LogP contribution in [-0.2, 0) is 11.4 Å². The van der Waals surface area contributed by atoms with E-state index < -0.39 is 0 Å². The lowest BCUT2D eigenvalue weighted by Crippen LogP contribution is -2.45. The Bertz CT molecular complexity index is 804. The standard InChI is InChI=1S/C22H27N3O2.2ClH/c1-14(25-22(26)20-16-8-9-17(11-16)21(20)23)15-5-4-7-19(12-15)27-13-18-6-2-3-10-24-18;;/h2-7,10,12,14,16-17,20-21H,8-9,11,13,23H2,1H3,(H,25,26);2*1H. The molecule has 1 aromatic heterocycles. The number of aromatic nitrogens is 1. The van der Waals surface area contributed by atoms with Gasteiger partial charge in [-0.3, -0.25) is 9.78 Å². The number of halogens is 2. The van der Waals surface area contributed by atoms with E-state index in [4.69, 9.17) is 10.5 Å². The lowest BCUT2D eigenvalue weighted by molar-refractivity contribution is -0.127. The maximum atomic E-state index is 12.8. The lowest BCUT2D eigenvalue weighted by Gasteiger charge is -2.28. The normalized spacial score (nSPS) is 25.4. The summed E-state index contributed by atoms with van der Waals surface area (Å²) in [4.78, 5) is 17.1. The van der Waals surface area contributed by atoms with Gasteiger partial charge in [-0.05, 0) is 67.9 Å². The number of pyridine rings is 1. The summed E-state index contributed by atoms with van der Waals surface area (Å²) in [6, 6.07) is 13.6. The third-order valence-corrected chi connectivity index (χ3v) is 6.11. The van der Waals surface area contributed by atoms with Crippen molar-refractivity contribution in [3.63, 3.8) is 0 Å². The average Bonchev–Trinajstić information content (AvgIpc) is 3.28. The van der Waals surface area contributed by atoms with E-state index in [2.05, 4.69) is 10.3 Å². The third-order valence-electron chi connectivity index (χ3n) is 6.11. The molecule has 2 bridgehead atoms. The number of hydrogen-bond acceptors (Lipinski definition) is 4. The minimum atomic E-state index is -0.0813. The predicted octanol–water partition coefficient (Wildman–Crippen LogP) is 4.05. The fourth-order valence-electron chi connectivity index (χ4n) is 4.63. The second kappa shape index (κ2) is 10.3. The summed E-state index contributed by atoms with van der Waals surface area (Å²) in [7, 11) is 0. The predicted molar refractivity (Wildman–Crippen MR) is 118 cm³/mol.